The van der Waals surface area contributed by atoms with Gasteiger partial charge in [0.25, 0.3) is 5.91 Å². The summed E-state index contributed by atoms with van der Waals surface area (Å²) in [5.74, 6) is -0.644. The minimum absolute atomic E-state index is 0.195. The summed E-state index contributed by atoms with van der Waals surface area (Å²) in [6.07, 6.45) is -0.195. The van der Waals surface area contributed by atoms with Gasteiger partial charge >= 0.3 is 5.97 Å². The van der Waals surface area contributed by atoms with Gasteiger partial charge in [-0.15, -0.1) is 0 Å². The van der Waals surface area contributed by atoms with Gasteiger partial charge in [-0.05, 0) is 30.2 Å². The van der Waals surface area contributed by atoms with Crippen molar-refractivity contribution in [1.29, 1.82) is 0 Å². The molecule has 0 saturated carbocycles. The monoisotopic (exact) mass is 369 g/mol. The number of hydrogen-bond acceptors (Lipinski definition) is 5. The zero-order chi connectivity index (χ0) is 19.2. The largest absolute Gasteiger partial charge is 0.481 e. The van der Waals surface area contributed by atoms with Crippen LogP contribution in [-0.4, -0.2) is 48.3 Å². The van der Waals surface area contributed by atoms with Crippen LogP contribution in [0.25, 0.3) is 0 Å². The van der Waals surface area contributed by atoms with E-state index in [4.69, 9.17) is 4.74 Å². The number of carboxylic acids is 1. The van der Waals surface area contributed by atoms with Crippen molar-refractivity contribution in [3.05, 3.63) is 59.3 Å². The summed E-state index contributed by atoms with van der Waals surface area (Å²) >= 11 is 0. The molecule has 1 atom stereocenters. The first-order valence-corrected chi connectivity index (χ1v) is 8.92. The van der Waals surface area contributed by atoms with Gasteiger partial charge in [-0.3, -0.25) is 9.59 Å². The molecule has 1 aliphatic heterocycles. The number of ether oxygens (including phenoxy) is 1. The van der Waals surface area contributed by atoms with Gasteiger partial charge in [-0.1, -0.05) is 30.3 Å². The Morgan fingerprint density at radius 3 is 2.63 bits per heavy atom. The van der Waals surface area contributed by atoms with Crippen LogP contribution in [0.5, 0.6) is 0 Å². The first kappa shape index (κ1) is 18.8. The molecule has 0 aliphatic carbocycles. The molecule has 1 aliphatic rings. The van der Waals surface area contributed by atoms with Crippen molar-refractivity contribution in [1.82, 2.24) is 10.3 Å². The van der Waals surface area contributed by atoms with Gasteiger partial charge in [0.15, 0.2) is 0 Å². The van der Waals surface area contributed by atoms with Gasteiger partial charge in [-0.2, -0.15) is 0 Å². The van der Waals surface area contributed by atoms with Gasteiger partial charge in [0.1, 0.15) is 11.5 Å². The number of rotatable bonds is 6. The van der Waals surface area contributed by atoms with E-state index in [0.717, 1.165) is 30.0 Å². The second kappa shape index (κ2) is 8.64. The lowest BCUT2D eigenvalue weighted by Crippen LogP contribution is -2.37. The van der Waals surface area contributed by atoms with Crippen molar-refractivity contribution in [2.24, 2.45) is 0 Å². The Kier molecular flexibility index (Phi) is 6.03. The Balaban J connectivity index is 1.79. The molecule has 0 bridgehead atoms. The molecule has 27 heavy (non-hydrogen) atoms. The van der Waals surface area contributed by atoms with Crippen LogP contribution in [0.3, 0.4) is 0 Å². The number of carboxylic acid groups (broad SMARTS) is 1. The Labute approximate surface area is 158 Å². The number of carbonyl (C=O) groups is 2. The van der Waals surface area contributed by atoms with Crippen LogP contribution in [0.15, 0.2) is 42.5 Å². The van der Waals surface area contributed by atoms with E-state index < -0.39 is 12.0 Å². The first-order chi connectivity index (χ1) is 13.0. The molecule has 1 saturated heterocycles. The number of aromatic nitrogens is 1. The second-order valence-corrected chi connectivity index (χ2v) is 6.46. The number of aliphatic carboxylic acids is 1. The van der Waals surface area contributed by atoms with Crippen molar-refractivity contribution >= 4 is 17.7 Å². The summed E-state index contributed by atoms with van der Waals surface area (Å²) in [6.45, 7) is 4.61. The molecular formula is C20H23N3O4. The van der Waals surface area contributed by atoms with Crippen LogP contribution in [0, 0.1) is 6.92 Å². The van der Waals surface area contributed by atoms with Crippen LogP contribution in [0.2, 0.25) is 0 Å². The summed E-state index contributed by atoms with van der Waals surface area (Å²) < 4.78 is 5.34. The van der Waals surface area contributed by atoms with E-state index in [1.165, 1.54) is 0 Å². The number of aryl methyl sites for hydroxylation is 1. The summed E-state index contributed by atoms with van der Waals surface area (Å²) in [4.78, 5) is 30.6. The zero-order valence-corrected chi connectivity index (χ0v) is 15.2. The van der Waals surface area contributed by atoms with E-state index in [-0.39, 0.29) is 18.0 Å². The SMILES string of the molecule is Cc1ccccc1C(CC(=O)O)NC(=O)c1cccc(N2CCOCC2)n1. The normalized spacial score (nSPS) is 15.2. The fourth-order valence-electron chi connectivity index (χ4n) is 3.14. The lowest BCUT2D eigenvalue weighted by molar-refractivity contribution is -0.137. The third-order valence-electron chi connectivity index (χ3n) is 4.55. The molecule has 1 amide bonds. The van der Waals surface area contributed by atoms with E-state index in [1.807, 2.05) is 37.3 Å². The number of morpholine rings is 1. The molecule has 3 rings (SSSR count). The van der Waals surface area contributed by atoms with E-state index in [1.54, 1.807) is 12.1 Å². The lowest BCUT2D eigenvalue weighted by atomic mass is 9.98. The van der Waals surface area contributed by atoms with E-state index in [0.29, 0.717) is 13.2 Å². The summed E-state index contributed by atoms with van der Waals surface area (Å²) in [7, 11) is 0. The number of anilines is 1. The van der Waals surface area contributed by atoms with Gasteiger partial charge in [0.2, 0.25) is 0 Å². The van der Waals surface area contributed by atoms with Gasteiger partial charge < -0.3 is 20.1 Å². The van der Waals surface area contributed by atoms with Crippen molar-refractivity contribution in [2.75, 3.05) is 31.2 Å². The van der Waals surface area contributed by atoms with Crippen LogP contribution in [-0.2, 0) is 9.53 Å². The molecule has 7 nitrogen and oxygen atoms in total. The molecule has 2 N–H and O–H groups in total. The number of carbonyl (C=O) groups excluding carboxylic acids is 1. The number of benzene rings is 1. The molecule has 7 heteroatoms. The molecular weight excluding hydrogens is 346 g/mol. The van der Waals surface area contributed by atoms with Crippen LogP contribution in [0.4, 0.5) is 5.82 Å². The smallest absolute Gasteiger partial charge is 0.305 e. The third kappa shape index (κ3) is 4.83. The van der Waals surface area contributed by atoms with Crippen molar-refractivity contribution in [3.63, 3.8) is 0 Å². The van der Waals surface area contributed by atoms with Crippen LogP contribution >= 0.6 is 0 Å². The van der Waals surface area contributed by atoms with Crippen LogP contribution < -0.4 is 10.2 Å². The molecule has 2 heterocycles. The van der Waals surface area contributed by atoms with E-state index in [9.17, 15) is 14.7 Å². The molecule has 1 fully saturated rings. The predicted octanol–water partition coefficient (Wildman–Crippen LogP) is 2.17. The highest BCUT2D eigenvalue weighted by Crippen LogP contribution is 2.21. The van der Waals surface area contributed by atoms with Gasteiger partial charge in [-0.25, -0.2) is 4.98 Å². The summed E-state index contributed by atoms with van der Waals surface area (Å²) in [5.41, 5.74) is 1.99. The average Bonchev–Trinajstić information content (AvgIpc) is 2.68. The molecule has 0 radical (unpaired) electrons. The topological polar surface area (TPSA) is 91.8 Å². The number of hydrogen-bond donors (Lipinski definition) is 2. The van der Waals surface area contributed by atoms with E-state index in [2.05, 4.69) is 15.2 Å². The summed E-state index contributed by atoms with van der Waals surface area (Å²) in [6, 6.07) is 12.1. The Morgan fingerprint density at radius 2 is 1.93 bits per heavy atom. The van der Waals surface area contributed by atoms with E-state index >= 15 is 0 Å². The molecule has 142 valence electrons. The van der Waals surface area contributed by atoms with Crippen molar-refractivity contribution in [2.45, 2.75) is 19.4 Å². The predicted molar refractivity (Wildman–Crippen MR) is 101 cm³/mol. The number of amides is 1. The second-order valence-electron chi connectivity index (χ2n) is 6.46. The highest BCUT2D eigenvalue weighted by atomic mass is 16.5. The minimum Gasteiger partial charge on any atom is -0.481 e. The number of nitrogens with zero attached hydrogens (tertiary/aromatic N) is 2. The van der Waals surface area contributed by atoms with Crippen LogP contribution in [0.1, 0.15) is 34.1 Å². The molecule has 2 aromatic rings. The zero-order valence-electron chi connectivity index (χ0n) is 15.2. The maximum atomic E-state index is 12.7. The number of nitrogens with one attached hydrogen (secondary N) is 1. The lowest BCUT2D eigenvalue weighted by Gasteiger charge is -2.28. The standard InChI is InChI=1S/C20H23N3O4/c1-14-5-2-3-6-15(14)17(13-19(24)25)22-20(26)16-7-4-8-18(21-16)23-9-11-27-12-10-23/h2-8,17H,9-13H2,1H3,(H,22,26)(H,24,25). The maximum Gasteiger partial charge on any atom is 0.305 e. The Morgan fingerprint density at radius 1 is 1.19 bits per heavy atom. The third-order valence-corrected chi connectivity index (χ3v) is 4.55. The highest BCUT2D eigenvalue weighted by molar-refractivity contribution is 5.93. The number of pyridine rings is 1. The fourth-order valence-corrected chi connectivity index (χ4v) is 3.14. The van der Waals surface area contributed by atoms with Crippen molar-refractivity contribution < 1.29 is 19.4 Å². The first-order valence-electron chi connectivity index (χ1n) is 8.92. The Bertz CT molecular complexity index is 818. The molecule has 0 spiro atoms. The Hall–Kier alpha value is -2.93. The quantitative estimate of drug-likeness (QED) is 0.811. The van der Waals surface area contributed by atoms with Gasteiger partial charge in [0.05, 0.1) is 25.7 Å². The highest BCUT2D eigenvalue weighted by Gasteiger charge is 2.22. The van der Waals surface area contributed by atoms with Crippen molar-refractivity contribution in [3.8, 4) is 0 Å². The maximum absolute atomic E-state index is 12.7. The molecule has 1 aromatic heterocycles. The molecule has 1 aromatic carbocycles. The molecule has 1 unspecified atom stereocenters. The minimum atomic E-state index is -0.974. The summed E-state index contributed by atoms with van der Waals surface area (Å²) in [5, 5.41) is 12.1. The average molecular weight is 369 g/mol. The van der Waals surface area contributed by atoms with Gasteiger partial charge in [0, 0.05) is 13.1 Å². The fraction of sp³-hybridized carbons (Fsp3) is 0.350.